The van der Waals surface area contributed by atoms with Gasteiger partial charge in [-0.15, -0.1) is 0 Å². The van der Waals surface area contributed by atoms with E-state index in [4.69, 9.17) is 5.73 Å². The predicted molar refractivity (Wildman–Crippen MR) is 76.8 cm³/mol. The number of fused-ring (bicyclic) bond motifs is 1. The zero-order chi connectivity index (χ0) is 13.4. The van der Waals surface area contributed by atoms with Crippen LogP contribution in [0.1, 0.15) is 26.2 Å². The van der Waals surface area contributed by atoms with Crippen LogP contribution in [0.3, 0.4) is 0 Å². The summed E-state index contributed by atoms with van der Waals surface area (Å²) in [4.78, 5) is 4.95. The third kappa shape index (κ3) is 2.29. The van der Waals surface area contributed by atoms with Gasteiger partial charge >= 0.3 is 0 Å². The summed E-state index contributed by atoms with van der Waals surface area (Å²) in [6.45, 7) is 5.56. The van der Waals surface area contributed by atoms with Crippen LogP contribution in [0.4, 0.5) is 15.8 Å². The molecule has 2 aliphatic heterocycles. The zero-order valence-corrected chi connectivity index (χ0v) is 11.5. The fourth-order valence-corrected chi connectivity index (χ4v) is 3.61. The Balaban J connectivity index is 1.85. The highest BCUT2D eigenvalue weighted by Gasteiger charge is 2.35. The maximum atomic E-state index is 13.2. The van der Waals surface area contributed by atoms with Gasteiger partial charge in [0.2, 0.25) is 0 Å². The molecule has 2 unspecified atom stereocenters. The van der Waals surface area contributed by atoms with Crippen LogP contribution in [0.15, 0.2) is 18.2 Å². The minimum atomic E-state index is -0.259. The van der Waals surface area contributed by atoms with Crippen LogP contribution in [0.25, 0.3) is 0 Å². The molecule has 2 heterocycles. The smallest absolute Gasteiger partial charge is 0.125 e. The van der Waals surface area contributed by atoms with Gasteiger partial charge in [0, 0.05) is 25.2 Å². The number of nitrogen functional groups attached to an aromatic ring is 1. The van der Waals surface area contributed by atoms with E-state index >= 15 is 0 Å². The number of halogens is 1. The van der Waals surface area contributed by atoms with Crippen molar-refractivity contribution in [3.05, 3.63) is 24.0 Å². The Labute approximate surface area is 114 Å². The molecule has 0 saturated carbocycles. The highest BCUT2D eigenvalue weighted by atomic mass is 19.1. The number of nitrogens with two attached hydrogens (primary N) is 1. The first-order chi connectivity index (χ1) is 9.16. The molecule has 0 amide bonds. The van der Waals surface area contributed by atoms with Crippen LogP contribution in [-0.4, -0.2) is 36.6 Å². The van der Waals surface area contributed by atoms with Gasteiger partial charge < -0.3 is 10.6 Å². The molecule has 1 aromatic carbocycles. The van der Waals surface area contributed by atoms with Gasteiger partial charge in [0.1, 0.15) is 5.82 Å². The fourth-order valence-electron chi connectivity index (χ4n) is 3.61. The molecule has 3 nitrogen and oxygen atoms in total. The predicted octanol–water partition coefficient (Wildman–Crippen LogP) is 2.47. The van der Waals surface area contributed by atoms with E-state index in [-0.39, 0.29) is 5.82 Å². The largest absolute Gasteiger partial charge is 0.397 e. The van der Waals surface area contributed by atoms with E-state index in [1.807, 2.05) is 6.07 Å². The summed E-state index contributed by atoms with van der Waals surface area (Å²) in [6.07, 6.45) is 3.90. The van der Waals surface area contributed by atoms with Crippen molar-refractivity contribution in [3.63, 3.8) is 0 Å². The van der Waals surface area contributed by atoms with E-state index in [0.29, 0.717) is 17.8 Å². The normalized spacial score (nSPS) is 28.2. The first kappa shape index (κ1) is 12.7. The van der Waals surface area contributed by atoms with Gasteiger partial charge in [-0.2, -0.15) is 0 Å². The molecule has 3 rings (SSSR count). The van der Waals surface area contributed by atoms with Crippen molar-refractivity contribution >= 4 is 11.4 Å². The number of nitrogens with zero attached hydrogens (tertiary/aromatic N) is 2. The number of rotatable bonds is 1. The van der Waals surface area contributed by atoms with Crippen LogP contribution in [0.2, 0.25) is 0 Å². The Morgan fingerprint density at radius 1 is 1.21 bits per heavy atom. The number of piperidine rings is 1. The molecule has 104 valence electrons. The van der Waals surface area contributed by atoms with Crippen LogP contribution in [0.5, 0.6) is 0 Å². The molecule has 1 aromatic rings. The number of hydrogen-bond acceptors (Lipinski definition) is 3. The van der Waals surface area contributed by atoms with Crippen molar-refractivity contribution in [1.82, 2.24) is 4.90 Å². The summed E-state index contributed by atoms with van der Waals surface area (Å²) in [7, 11) is 0. The van der Waals surface area contributed by atoms with E-state index in [2.05, 4.69) is 16.7 Å². The SMILES string of the molecule is CC1C2CCCCN2CCN1c1ccc(F)cc1N. The lowest BCUT2D eigenvalue weighted by molar-refractivity contribution is 0.106. The quantitative estimate of drug-likeness (QED) is 0.790. The minimum absolute atomic E-state index is 0.259. The monoisotopic (exact) mass is 263 g/mol. The summed E-state index contributed by atoms with van der Waals surface area (Å²) < 4.78 is 13.2. The molecular weight excluding hydrogens is 241 g/mol. The minimum Gasteiger partial charge on any atom is -0.397 e. The average molecular weight is 263 g/mol. The zero-order valence-electron chi connectivity index (χ0n) is 11.5. The van der Waals surface area contributed by atoms with Gasteiger partial charge in [-0.1, -0.05) is 6.42 Å². The van der Waals surface area contributed by atoms with Crippen molar-refractivity contribution < 1.29 is 4.39 Å². The molecule has 0 aliphatic carbocycles. The van der Waals surface area contributed by atoms with E-state index in [0.717, 1.165) is 18.8 Å². The number of piperazine rings is 1. The molecule has 0 bridgehead atoms. The highest BCUT2D eigenvalue weighted by Crippen LogP contribution is 2.32. The maximum Gasteiger partial charge on any atom is 0.125 e. The molecule has 0 aromatic heterocycles. The summed E-state index contributed by atoms with van der Waals surface area (Å²) in [5.41, 5.74) is 7.52. The molecule has 0 spiro atoms. The van der Waals surface area contributed by atoms with Crippen LogP contribution < -0.4 is 10.6 Å². The summed E-state index contributed by atoms with van der Waals surface area (Å²) in [5.74, 6) is -0.259. The Hall–Kier alpha value is -1.29. The molecule has 2 saturated heterocycles. The lowest BCUT2D eigenvalue weighted by atomic mass is 9.92. The highest BCUT2D eigenvalue weighted by molar-refractivity contribution is 5.68. The Kier molecular flexibility index (Phi) is 3.35. The van der Waals surface area contributed by atoms with E-state index < -0.39 is 0 Å². The standard InChI is InChI=1S/C15H22FN3/c1-11-14-4-2-3-7-18(14)8-9-19(11)15-6-5-12(16)10-13(15)17/h5-6,10-11,14H,2-4,7-9,17H2,1H3. The third-order valence-corrected chi connectivity index (χ3v) is 4.64. The first-order valence-electron chi connectivity index (χ1n) is 7.22. The van der Waals surface area contributed by atoms with Gasteiger partial charge in [-0.05, 0) is 44.5 Å². The summed E-state index contributed by atoms with van der Waals surface area (Å²) in [5, 5.41) is 0. The van der Waals surface area contributed by atoms with E-state index in [1.54, 1.807) is 0 Å². The maximum absolute atomic E-state index is 13.2. The Bertz CT molecular complexity index is 463. The topological polar surface area (TPSA) is 32.5 Å². The van der Waals surface area contributed by atoms with Crippen molar-refractivity contribution in [3.8, 4) is 0 Å². The molecule has 2 N–H and O–H groups in total. The third-order valence-electron chi connectivity index (χ3n) is 4.64. The number of hydrogen-bond donors (Lipinski definition) is 1. The van der Waals surface area contributed by atoms with E-state index in [1.165, 1.54) is 37.9 Å². The van der Waals surface area contributed by atoms with Gasteiger partial charge in [0.15, 0.2) is 0 Å². The van der Waals surface area contributed by atoms with Crippen molar-refractivity contribution in [2.75, 3.05) is 30.3 Å². The molecule has 0 radical (unpaired) electrons. The van der Waals surface area contributed by atoms with Crippen molar-refractivity contribution in [1.29, 1.82) is 0 Å². The summed E-state index contributed by atoms with van der Waals surface area (Å²) in [6, 6.07) is 5.81. The van der Waals surface area contributed by atoms with Crippen LogP contribution in [-0.2, 0) is 0 Å². The Morgan fingerprint density at radius 3 is 2.84 bits per heavy atom. The van der Waals surface area contributed by atoms with Gasteiger partial charge in [-0.3, -0.25) is 4.90 Å². The van der Waals surface area contributed by atoms with Gasteiger partial charge in [0.05, 0.1) is 11.4 Å². The fraction of sp³-hybridized carbons (Fsp3) is 0.600. The number of benzene rings is 1. The Morgan fingerprint density at radius 2 is 2.05 bits per heavy atom. The molecule has 2 aliphatic rings. The molecule has 19 heavy (non-hydrogen) atoms. The lowest BCUT2D eigenvalue weighted by Gasteiger charge is -2.49. The van der Waals surface area contributed by atoms with Gasteiger partial charge in [-0.25, -0.2) is 4.39 Å². The van der Waals surface area contributed by atoms with Crippen molar-refractivity contribution in [2.24, 2.45) is 0 Å². The number of anilines is 2. The molecule has 2 atom stereocenters. The van der Waals surface area contributed by atoms with Crippen LogP contribution >= 0.6 is 0 Å². The molecular formula is C15H22FN3. The van der Waals surface area contributed by atoms with Crippen LogP contribution in [0, 0.1) is 5.82 Å². The first-order valence-corrected chi connectivity index (χ1v) is 7.22. The van der Waals surface area contributed by atoms with Crippen molar-refractivity contribution in [2.45, 2.75) is 38.3 Å². The average Bonchev–Trinajstić information content (AvgIpc) is 2.41. The lowest BCUT2D eigenvalue weighted by Crippen LogP contribution is -2.60. The second-order valence-corrected chi connectivity index (χ2v) is 5.74. The van der Waals surface area contributed by atoms with E-state index in [9.17, 15) is 4.39 Å². The van der Waals surface area contributed by atoms with Gasteiger partial charge in [0.25, 0.3) is 0 Å². The molecule has 2 fully saturated rings. The summed E-state index contributed by atoms with van der Waals surface area (Å²) >= 11 is 0. The second kappa shape index (κ2) is 5.00. The molecule has 4 heteroatoms. The second-order valence-electron chi connectivity index (χ2n) is 5.74.